The summed E-state index contributed by atoms with van der Waals surface area (Å²) in [6.07, 6.45) is 0. The smallest absolute Gasteiger partial charge is 0.148 e. The predicted octanol–water partition coefficient (Wildman–Crippen LogP) is 3.43. The normalized spacial score (nSPS) is 10.3. The predicted molar refractivity (Wildman–Crippen MR) is 74.0 cm³/mol. The van der Waals surface area contributed by atoms with E-state index in [0.29, 0.717) is 17.9 Å². The van der Waals surface area contributed by atoms with E-state index in [0.717, 1.165) is 12.1 Å². The summed E-state index contributed by atoms with van der Waals surface area (Å²) >= 11 is 0. The van der Waals surface area contributed by atoms with Gasteiger partial charge >= 0.3 is 0 Å². The molecule has 0 aliphatic heterocycles. The minimum atomic E-state index is -0.271. The topological polar surface area (TPSA) is 29.3 Å². The zero-order chi connectivity index (χ0) is 13.0. The van der Waals surface area contributed by atoms with Gasteiger partial charge in [-0.05, 0) is 30.7 Å². The second-order valence-corrected chi connectivity index (χ2v) is 4.21. The third-order valence-corrected chi connectivity index (χ3v) is 2.91. The molecule has 0 radical (unpaired) electrons. The Morgan fingerprint density at radius 3 is 2.44 bits per heavy atom. The fraction of sp³-hybridized carbons (Fsp3) is 0.200. The lowest BCUT2D eigenvalue weighted by atomic mass is 10.2. The summed E-state index contributed by atoms with van der Waals surface area (Å²) in [4.78, 5) is 1.99. The standard InChI is InChI=1S/C15H17FN2/c1-2-18(11-12-6-4-3-5-7-12)15-9-8-13(17)10-14(15)16/h3-10H,2,11,17H2,1H3. The van der Waals surface area contributed by atoms with Gasteiger partial charge in [-0.1, -0.05) is 30.3 Å². The largest absolute Gasteiger partial charge is 0.399 e. The van der Waals surface area contributed by atoms with Gasteiger partial charge < -0.3 is 10.6 Å². The molecule has 0 saturated heterocycles. The quantitative estimate of drug-likeness (QED) is 0.835. The van der Waals surface area contributed by atoms with Crippen LogP contribution in [0.2, 0.25) is 0 Å². The third-order valence-electron chi connectivity index (χ3n) is 2.91. The Balaban J connectivity index is 2.23. The molecular formula is C15H17FN2. The molecule has 0 spiro atoms. The lowest BCUT2D eigenvalue weighted by Gasteiger charge is -2.23. The zero-order valence-corrected chi connectivity index (χ0v) is 10.4. The minimum absolute atomic E-state index is 0.271. The fourth-order valence-corrected chi connectivity index (χ4v) is 1.95. The van der Waals surface area contributed by atoms with E-state index in [2.05, 4.69) is 0 Å². The van der Waals surface area contributed by atoms with Crippen LogP contribution in [0.5, 0.6) is 0 Å². The van der Waals surface area contributed by atoms with Crippen molar-refractivity contribution in [2.75, 3.05) is 17.2 Å². The number of halogens is 1. The SMILES string of the molecule is CCN(Cc1ccccc1)c1ccc(N)cc1F. The Morgan fingerprint density at radius 1 is 1.11 bits per heavy atom. The van der Waals surface area contributed by atoms with Gasteiger partial charge in [-0.3, -0.25) is 0 Å². The number of nitrogen functional groups attached to an aromatic ring is 1. The molecule has 0 amide bonds. The lowest BCUT2D eigenvalue weighted by Crippen LogP contribution is -2.23. The Bertz CT molecular complexity index is 511. The summed E-state index contributed by atoms with van der Waals surface area (Å²) in [6.45, 7) is 3.45. The van der Waals surface area contributed by atoms with Crippen molar-refractivity contribution in [1.82, 2.24) is 0 Å². The van der Waals surface area contributed by atoms with Gasteiger partial charge in [0.1, 0.15) is 5.82 Å². The van der Waals surface area contributed by atoms with Gasteiger partial charge in [0.25, 0.3) is 0 Å². The molecule has 94 valence electrons. The number of nitrogens with two attached hydrogens (primary N) is 1. The average molecular weight is 244 g/mol. The van der Waals surface area contributed by atoms with Crippen LogP contribution in [-0.4, -0.2) is 6.54 Å². The van der Waals surface area contributed by atoms with Crippen LogP contribution < -0.4 is 10.6 Å². The van der Waals surface area contributed by atoms with Gasteiger partial charge in [-0.2, -0.15) is 0 Å². The lowest BCUT2D eigenvalue weighted by molar-refractivity contribution is 0.618. The molecule has 0 heterocycles. The zero-order valence-electron chi connectivity index (χ0n) is 10.4. The van der Waals surface area contributed by atoms with E-state index >= 15 is 0 Å². The molecule has 3 heteroatoms. The number of hydrogen-bond acceptors (Lipinski definition) is 2. The maximum Gasteiger partial charge on any atom is 0.148 e. The molecule has 2 N–H and O–H groups in total. The Kier molecular flexibility index (Phi) is 3.82. The number of rotatable bonds is 4. The van der Waals surface area contributed by atoms with Gasteiger partial charge in [0.2, 0.25) is 0 Å². The van der Waals surface area contributed by atoms with Crippen LogP contribution in [0, 0.1) is 5.82 Å². The highest BCUT2D eigenvalue weighted by atomic mass is 19.1. The molecule has 2 nitrogen and oxygen atoms in total. The number of hydrogen-bond donors (Lipinski definition) is 1. The van der Waals surface area contributed by atoms with E-state index in [1.54, 1.807) is 12.1 Å². The molecule has 0 aliphatic rings. The molecule has 18 heavy (non-hydrogen) atoms. The van der Waals surface area contributed by atoms with Crippen molar-refractivity contribution < 1.29 is 4.39 Å². The number of nitrogens with zero attached hydrogens (tertiary/aromatic N) is 1. The van der Waals surface area contributed by atoms with Crippen molar-refractivity contribution in [2.45, 2.75) is 13.5 Å². The van der Waals surface area contributed by atoms with E-state index in [1.165, 1.54) is 6.07 Å². The highest BCUT2D eigenvalue weighted by Gasteiger charge is 2.10. The summed E-state index contributed by atoms with van der Waals surface area (Å²) in [6, 6.07) is 14.9. The molecule has 2 aromatic rings. The highest BCUT2D eigenvalue weighted by molar-refractivity contribution is 5.54. The number of benzene rings is 2. The molecule has 0 atom stereocenters. The summed E-state index contributed by atoms with van der Waals surface area (Å²) < 4.78 is 13.9. The second kappa shape index (κ2) is 5.54. The van der Waals surface area contributed by atoms with E-state index in [1.807, 2.05) is 42.2 Å². The summed E-state index contributed by atoms with van der Waals surface area (Å²) in [7, 11) is 0. The maximum absolute atomic E-state index is 13.9. The van der Waals surface area contributed by atoms with Gasteiger partial charge in [0.05, 0.1) is 5.69 Å². The van der Waals surface area contributed by atoms with Crippen molar-refractivity contribution in [3.63, 3.8) is 0 Å². The average Bonchev–Trinajstić information content (AvgIpc) is 2.38. The minimum Gasteiger partial charge on any atom is -0.399 e. The van der Waals surface area contributed by atoms with Crippen LogP contribution in [0.4, 0.5) is 15.8 Å². The van der Waals surface area contributed by atoms with Crippen molar-refractivity contribution in [3.8, 4) is 0 Å². The molecule has 0 saturated carbocycles. The van der Waals surface area contributed by atoms with Crippen LogP contribution in [-0.2, 0) is 6.54 Å². The van der Waals surface area contributed by atoms with Gasteiger partial charge in [-0.25, -0.2) is 4.39 Å². The Hall–Kier alpha value is -2.03. The number of anilines is 2. The fourth-order valence-electron chi connectivity index (χ4n) is 1.95. The first kappa shape index (κ1) is 12.4. The van der Waals surface area contributed by atoms with E-state index in [9.17, 15) is 4.39 Å². The first-order valence-corrected chi connectivity index (χ1v) is 6.04. The van der Waals surface area contributed by atoms with E-state index < -0.39 is 0 Å². The monoisotopic (exact) mass is 244 g/mol. The molecule has 0 fully saturated rings. The summed E-state index contributed by atoms with van der Waals surface area (Å²) in [5, 5.41) is 0. The van der Waals surface area contributed by atoms with Crippen LogP contribution in [0.15, 0.2) is 48.5 Å². The second-order valence-electron chi connectivity index (χ2n) is 4.21. The van der Waals surface area contributed by atoms with Crippen molar-refractivity contribution in [2.24, 2.45) is 0 Å². The molecule has 0 aromatic heterocycles. The van der Waals surface area contributed by atoms with Crippen molar-refractivity contribution in [3.05, 3.63) is 59.9 Å². The van der Waals surface area contributed by atoms with E-state index in [4.69, 9.17) is 5.73 Å². The van der Waals surface area contributed by atoms with Crippen LogP contribution in [0.25, 0.3) is 0 Å². The van der Waals surface area contributed by atoms with Gasteiger partial charge in [0.15, 0.2) is 0 Å². The molecule has 2 rings (SSSR count). The molecule has 0 unspecified atom stereocenters. The van der Waals surface area contributed by atoms with Crippen LogP contribution in [0.1, 0.15) is 12.5 Å². The van der Waals surface area contributed by atoms with Gasteiger partial charge in [-0.15, -0.1) is 0 Å². The molecule has 0 aliphatic carbocycles. The van der Waals surface area contributed by atoms with Crippen molar-refractivity contribution >= 4 is 11.4 Å². The first-order valence-electron chi connectivity index (χ1n) is 6.04. The maximum atomic E-state index is 13.9. The summed E-state index contributed by atoms with van der Waals surface area (Å²) in [5.41, 5.74) is 7.77. The van der Waals surface area contributed by atoms with Gasteiger partial charge in [0, 0.05) is 18.8 Å². The highest BCUT2D eigenvalue weighted by Crippen LogP contribution is 2.23. The van der Waals surface area contributed by atoms with Crippen LogP contribution in [0.3, 0.4) is 0 Å². The molecular weight excluding hydrogens is 227 g/mol. The first-order chi connectivity index (χ1) is 8.70. The van der Waals surface area contributed by atoms with E-state index in [-0.39, 0.29) is 5.82 Å². The molecule has 2 aromatic carbocycles. The third kappa shape index (κ3) is 2.80. The van der Waals surface area contributed by atoms with Crippen LogP contribution >= 0.6 is 0 Å². The van der Waals surface area contributed by atoms with Crippen molar-refractivity contribution in [1.29, 1.82) is 0 Å². The Labute approximate surface area is 107 Å². The summed E-state index contributed by atoms with van der Waals surface area (Å²) in [5.74, 6) is -0.271. The molecule has 0 bridgehead atoms. The Morgan fingerprint density at radius 2 is 1.83 bits per heavy atom.